The van der Waals surface area contributed by atoms with Crippen molar-refractivity contribution in [1.29, 1.82) is 0 Å². The van der Waals surface area contributed by atoms with Crippen LogP contribution in [0.3, 0.4) is 0 Å². The zero-order valence-corrected chi connectivity index (χ0v) is 9.07. The zero-order chi connectivity index (χ0) is 9.90. The van der Waals surface area contributed by atoms with Crippen molar-refractivity contribution in [2.75, 3.05) is 12.0 Å². The molecule has 0 spiro atoms. The molecule has 0 amide bonds. The van der Waals surface area contributed by atoms with Crippen LogP contribution in [0.4, 0.5) is 0 Å². The molecule has 0 bridgehead atoms. The SMILES string of the molecule is C=C1CCC(CCS(C)(=O)=O)CC1. The Balaban J connectivity index is 2.27. The highest BCUT2D eigenvalue weighted by atomic mass is 32.2. The number of sulfone groups is 1. The van der Waals surface area contributed by atoms with Crippen molar-refractivity contribution in [1.82, 2.24) is 0 Å². The van der Waals surface area contributed by atoms with E-state index in [1.807, 2.05) is 0 Å². The van der Waals surface area contributed by atoms with Crippen molar-refractivity contribution in [3.05, 3.63) is 12.2 Å². The quantitative estimate of drug-likeness (QED) is 0.657. The van der Waals surface area contributed by atoms with Crippen LogP contribution in [-0.4, -0.2) is 20.4 Å². The number of hydrogen-bond donors (Lipinski definition) is 0. The second-order valence-corrected chi connectivity index (χ2v) is 6.37. The molecule has 0 atom stereocenters. The van der Waals surface area contributed by atoms with Crippen molar-refractivity contribution in [3.8, 4) is 0 Å². The van der Waals surface area contributed by atoms with Crippen LogP contribution in [0.5, 0.6) is 0 Å². The minimum atomic E-state index is -2.76. The van der Waals surface area contributed by atoms with Crippen LogP contribution in [0, 0.1) is 5.92 Å². The first-order valence-electron chi connectivity index (χ1n) is 4.82. The van der Waals surface area contributed by atoms with Crippen LogP contribution >= 0.6 is 0 Å². The van der Waals surface area contributed by atoms with Gasteiger partial charge in [-0.25, -0.2) is 8.42 Å². The highest BCUT2D eigenvalue weighted by Crippen LogP contribution is 2.29. The minimum absolute atomic E-state index is 0.351. The first-order valence-corrected chi connectivity index (χ1v) is 6.88. The molecule has 1 aliphatic rings. The summed E-state index contributed by atoms with van der Waals surface area (Å²) in [5, 5.41) is 0. The normalized spacial score (nSPS) is 20.5. The van der Waals surface area contributed by atoms with Crippen LogP contribution in [0.15, 0.2) is 12.2 Å². The van der Waals surface area contributed by atoms with Crippen LogP contribution < -0.4 is 0 Å². The fourth-order valence-corrected chi connectivity index (χ4v) is 2.52. The maximum atomic E-state index is 10.9. The largest absolute Gasteiger partial charge is 0.229 e. The van der Waals surface area contributed by atoms with Gasteiger partial charge in [-0.2, -0.15) is 0 Å². The van der Waals surface area contributed by atoms with Gasteiger partial charge < -0.3 is 0 Å². The van der Waals surface area contributed by atoms with Crippen LogP contribution in [0.1, 0.15) is 32.1 Å². The number of rotatable bonds is 3. The van der Waals surface area contributed by atoms with Gasteiger partial charge in [-0.05, 0) is 38.0 Å². The third-order valence-corrected chi connectivity index (χ3v) is 3.69. The van der Waals surface area contributed by atoms with Gasteiger partial charge >= 0.3 is 0 Å². The van der Waals surface area contributed by atoms with Crippen molar-refractivity contribution >= 4 is 9.84 Å². The molecule has 0 radical (unpaired) electrons. The highest BCUT2D eigenvalue weighted by molar-refractivity contribution is 7.90. The minimum Gasteiger partial charge on any atom is -0.229 e. The van der Waals surface area contributed by atoms with E-state index in [9.17, 15) is 8.42 Å². The molecule has 0 aromatic carbocycles. The number of hydrogen-bond acceptors (Lipinski definition) is 2. The van der Waals surface area contributed by atoms with Gasteiger partial charge in [0.2, 0.25) is 0 Å². The average Bonchev–Trinajstić information content (AvgIpc) is 2.02. The van der Waals surface area contributed by atoms with Gasteiger partial charge in [0, 0.05) is 6.26 Å². The van der Waals surface area contributed by atoms with Gasteiger partial charge in [0.05, 0.1) is 5.75 Å². The molecule has 1 fully saturated rings. The van der Waals surface area contributed by atoms with E-state index in [2.05, 4.69) is 6.58 Å². The molecule has 0 saturated heterocycles. The van der Waals surface area contributed by atoms with E-state index in [1.54, 1.807) is 0 Å². The van der Waals surface area contributed by atoms with Crippen LogP contribution in [0.2, 0.25) is 0 Å². The molecule has 0 aliphatic heterocycles. The smallest absolute Gasteiger partial charge is 0.147 e. The molecular formula is C10H18O2S. The Morgan fingerprint density at radius 3 is 2.38 bits per heavy atom. The van der Waals surface area contributed by atoms with E-state index in [0.717, 1.165) is 32.1 Å². The van der Waals surface area contributed by atoms with Gasteiger partial charge in [0.15, 0.2) is 0 Å². The molecule has 76 valence electrons. The summed E-state index contributed by atoms with van der Waals surface area (Å²) in [6.07, 6.45) is 6.60. The third-order valence-electron chi connectivity index (χ3n) is 2.71. The van der Waals surface area contributed by atoms with Crippen molar-refractivity contribution in [2.45, 2.75) is 32.1 Å². The van der Waals surface area contributed by atoms with E-state index in [4.69, 9.17) is 0 Å². The van der Waals surface area contributed by atoms with Gasteiger partial charge in [-0.15, -0.1) is 0 Å². The lowest BCUT2D eigenvalue weighted by atomic mass is 9.85. The van der Waals surface area contributed by atoms with Crippen molar-refractivity contribution < 1.29 is 8.42 Å². The van der Waals surface area contributed by atoms with Gasteiger partial charge in [0.1, 0.15) is 9.84 Å². The van der Waals surface area contributed by atoms with E-state index in [-0.39, 0.29) is 0 Å². The molecular weight excluding hydrogens is 184 g/mol. The fraction of sp³-hybridized carbons (Fsp3) is 0.800. The first kappa shape index (κ1) is 10.8. The zero-order valence-electron chi connectivity index (χ0n) is 8.25. The Morgan fingerprint density at radius 2 is 1.92 bits per heavy atom. The fourth-order valence-electron chi connectivity index (χ4n) is 1.76. The second-order valence-electron chi connectivity index (χ2n) is 4.11. The molecule has 0 aromatic rings. The molecule has 0 aromatic heterocycles. The van der Waals surface area contributed by atoms with E-state index in [1.165, 1.54) is 11.8 Å². The average molecular weight is 202 g/mol. The molecule has 0 unspecified atom stereocenters. The third kappa shape index (κ3) is 4.46. The Kier molecular flexibility index (Phi) is 3.54. The lowest BCUT2D eigenvalue weighted by Gasteiger charge is -2.22. The summed E-state index contributed by atoms with van der Waals surface area (Å²) in [7, 11) is -2.76. The van der Waals surface area contributed by atoms with Crippen LogP contribution in [0.25, 0.3) is 0 Å². The summed E-state index contributed by atoms with van der Waals surface area (Å²) in [4.78, 5) is 0. The molecule has 13 heavy (non-hydrogen) atoms. The Hall–Kier alpha value is -0.310. The summed E-state index contributed by atoms with van der Waals surface area (Å²) >= 11 is 0. The first-order chi connectivity index (χ1) is 5.97. The maximum absolute atomic E-state index is 10.9. The molecule has 0 N–H and O–H groups in total. The monoisotopic (exact) mass is 202 g/mol. The summed E-state index contributed by atoms with van der Waals surface area (Å²) in [5.74, 6) is 0.963. The summed E-state index contributed by atoms with van der Waals surface area (Å²) in [6.45, 7) is 3.94. The van der Waals surface area contributed by atoms with E-state index >= 15 is 0 Å². The summed E-state index contributed by atoms with van der Waals surface area (Å²) < 4.78 is 21.8. The van der Waals surface area contributed by atoms with Gasteiger partial charge in [0.25, 0.3) is 0 Å². The van der Waals surface area contributed by atoms with E-state index in [0.29, 0.717) is 11.7 Å². The lowest BCUT2D eigenvalue weighted by molar-refractivity contribution is 0.398. The molecule has 1 aliphatic carbocycles. The van der Waals surface area contributed by atoms with Crippen molar-refractivity contribution in [2.24, 2.45) is 5.92 Å². The number of allylic oxidation sites excluding steroid dienone is 1. The predicted molar refractivity (Wildman–Crippen MR) is 55.4 cm³/mol. The Bertz CT molecular complexity index is 267. The standard InChI is InChI=1S/C10H18O2S/c1-9-3-5-10(6-4-9)7-8-13(2,11)12/h10H,1,3-8H2,2H3. The molecule has 0 heterocycles. The van der Waals surface area contributed by atoms with Gasteiger partial charge in [-0.3, -0.25) is 0 Å². The lowest BCUT2D eigenvalue weighted by Crippen LogP contribution is -2.13. The molecule has 2 nitrogen and oxygen atoms in total. The topological polar surface area (TPSA) is 34.1 Å². The summed E-state index contributed by atoms with van der Waals surface area (Å²) in [5.41, 5.74) is 1.33. The Morgan fingerprint density at radius 1 is 1.38 bits per heavy atom. The second kappa shape index (κ2) is 4.27. The van der Waals surface area contributed by atoms with E-state index < -0.39 is 9.84 Å². The van der Waals surface area contributed by atoms with Gasteiger partial charge in [-0.1, -0.05) is 12.2 Å². The molecule has 1 saturated carbocycles. The summed E-state index contributed by atoms with van der Waals surface area (Å²) in [6, 6.07) is 0. The molecule has 1 rings (SSSR count). The van der Waals surface area contributed by atoms with Crippen LogP contribution in [-0.2, 0) is 9.84 Å². The molecule has 3 heteroatoms. The van der Waals surface area contributed by atoms with Crippen molar-refractivity contribution in [3.63, 3.8) is 0 Å². The predicted octanol–water partition coefficient (Wildman–Crippen LogP) is 2.17. The highest BCUT2D eigenvalue weighted by Gasteiger charge is 2.16. The maximum Gasteiger partial charge on any atom is 0.147 e. The Labute approximate surface area is 81.0 Å².